The molecule has 3 N–H and O–H groups in total. The highest BCUT2D eigenvalue weighted by molar-refractivity contribution is 9.10. The average molecular weight is 382 g/mol. The minimum absolute atomic E-state index is 0.142. The summed E-state index contributed by atoms with van der Waals surface area (Å²) in [6.45, 7) is 4.68. The summed E-state index contributed by atoms with van der Waals surface area (Å²) in [7, 11) is 0. The molecule has 0 spiro atoms. The van der Waals surface area contributed by atoms with Crippen molar-refractivity contribution in [2.45, 2.75) is 38.6 Å². The molecule has 22 heavy (non-hydrogen) atoms. The fourth-order valence-electron chi connectivity index (χ4n) is 1.58. The summed E-state index contributed by atoms with van der Waals surface area (Å²) in [6.07, 6.45) is -3.79. The highest BCUT2D eigenvalue weighted by Gasteiger charge is 2.23. The summed E-state index contributed by atoms with van der Waals surface area (Å²) in [4.78, 5) is 11.4. The van der Waals surface area contributed by atoms with Gasteiger partial charge in [-0.05, 0) is 54.4 Å². The topological polar surface area (TPSA) is 78.8 Å². The second kappa shape index (κ2) is 7.34. The van der Waals surface area contributed by atoms with Crippen LogP contribution in [0.5, 0.6) is 0 Å². The Morgan fingerprint density at radius 3 is 2.27 bits per heavy atom. The second-order valence-electron chi connectivity index (χ2n) is 5.69. The van der Waals surface area contributed by atoms with Crippen LogP contribution in [0.3, 0.4) is 0 Å². The van der Waals surface area contributed by atoms with Crippen molar-refractivity contribution in [3.63, 3.8) is 0 Å². The van der Waals surface area contributed by atoms with E-state index in [9.17, 15) is 23.8 Å². The minimum atomic E-state index is -1.56. The number of carbonyl (C=O) groups is 1. The zero-order chi connectivity index (χ0) is 17.1. The van der Waals surface area contributed by atoms with Gasteiger partial charge in [-0.1, -0.05) is 0 Å². The summed E-state index contributed by atoms with van der Waals surface area (Å²) < 4.78 is 31.4. The van der Waals surface area contributed by atoms with Crippen LogP contribution in [0, 0.1) is 11.6 Å². The van der Waals surface area contributed by atoms with Gasteiger partial charge >= 0.3 is 6.09 Å². The van der Waals surface area contributed by atoms with Crippen LogP contribution >= 0.6 is 15.9 Å². The van der Waals surface area contributed by atoms with Crippen molar-refractivity contribution in [2.24, 2.45) is 0 Å². The lowest BCUT2D eigenvalue weighted by atomic mass is 10.0. The van der Waals surface area contributed by atoms with Crippen LogP contribution in [0.1, 0.15) is 32.4 Å². The van der Waals surface area contributed by atoms with E-state index in [0.717, 1.165) is 12.1 Å². The number of ether oxygens (including phenoxy) is 1. The first-order chi connectivity index (χ1) is 10.0. The van der Waals surface area contributed by atoms with Gasteiger partial charge in [-0.25, -0.2) is 13.6 Å². The van der Waals surface area contributed by atoms with Crippen LogP contribution in [0.25, 0.3) is 0 Å². The molecule has 2 unspecified atom stereocenters. The van der Waals surface area contributed by atoms with Crippen molar-refractivity contribution in [3.05, 3.63) is 33.8 Å². The van der Waals surface area contributed by atoms with Gasteiger partial charge in [0.05, 0.1) is 4.47 Å². The molecular formula is C14H18BrF2NO4. The summed E-state index contributed by atoms with van der Waals surface area (Å²) in [5, 5.41) is 21.9. The number of aliphatic hydroxyl groups is 2. The maximum absolute atomic E-state index is 13.4. The van der Waals surface area contributed by atoms with Crippen LogP contribution in [-0.2, 0) is 4.74 Å². The third-order valence-electron chi connectivity index (χ3n) is 2.57. The Labute approximate surface area is 135 Å². The lowest BCUT2D eigenvalue weighted by molar-refractivity contribution is 0.0126. The molecule has 0 radical (unpaired) electrons. The number of hydrogen-bond acceptors (Lipinski definition) is 4. The molecule has 0 saturated heterocycles. The van der Waals surface area contributed by atoms with Crippen LogP contribution in [-0.4, -0.2) is 34.6 Å². The third kappa shape index (κ3) is 5.51. The van der Waals surface area contributed by atoms with Crippen LogP contribution in [0.15, 0.2) is 16.6 Å². The standard InChI is InChI=1S/C14H18BrF2NO4/c1-14(2,3)22-13(21)18-6-10(19)12(20)7-4-8(16)11(15)9(17)5-7/h4-5,10,12,19-20H,6H2,1-3H3,(H,18,21). The quantitative estimate of drug-likeness (QED) is 0.700. The molecule has 0 fully saturated rings. The first-order valence-corrected chi connectivity index (χ1v) is 7.28. The molecule has 8 heteroatoms. The second-order valence-corrected chi connectivity index (χ2v) is 6.49. The van der Waals surface area contributed by atoms with E-state index in [1.54, 1.807) is 20.8 Å². The monoisotopic (exact) mass is 381 g/mol. The van der Waals surface area contributed by atoms with Gasteiger partial charge < -0.3 is 20.3 Å². The zero-order valence-corrected chi connectivity index (χ0v) is 13.9. The van der Waals surface area contributed by atoms with Gasteiger partial charge in [0.2, 0.25) is 0 Å². The number of alkyl carbamates (subject to hydrolysis) is 1. The van der Waals surface area contributed by atoms with Crippen molar-refractivity contribution in [1.29, 1.82) is 0 Å². The first-order valence-electron chi connectivity index (χ1n) is 6.48. The Morgan fingerprint density at radius 1 is 1.32 bits per heavy atom. The Hall–Kier alpha value is -1.25. The maximum atomic E-state index is 13.4. The number of aliphatic hydroxyl groups excluding tert-OH is 2. The fraction of sp³-hybridized carbons (Fsp3) is 0.500. The molecule has 124 valence electrons. The van der Waals surface area contributed by atoms with Gasteiger partial charge in [0.25, 0.3) is 0 Å². The molecule has 0 saturated carbocycles. The number of halogens is 3. The van der Waals surface area contributed by atoms with Crippen LogP contribution in [0.4, 0.5) is 13.6 Å². The van der Waals surface area contributed by atoms with E-state index < -0.39 is 35.5 Å². The number of hydrogen-bond donors (Lipinski definition) is 3. The molecular weight excluding hydrogens is 364 g/mol. The molecule has 0 aromatic heterocycles. The molecule has 1 rings (SSSR count). The predicted octanol–water partition coefficient (Wildman–Crippen LogP) is 2.65. The maximum Gasteiger partial charge on any atom is 0.407 e. The van der Waals surface area contributed by atoms with E-state index in [2.05, 4.69) is 21.2 Å². The normalized spacial score (nSPS) is 14.4. The number of benzene rings is 1. The molecule has 1 amide bonds. The zero-order valence-electron chi connectivity index (χ0n) is 12.4. The predicted molar refractivity (Wildman–Crippen MR) is 79.3 cm³/mol. The molecule has 0 bridgehead atoms. The highest BCUT2D eigenvalue weighted by Crippen LogP contribution is 2.25. The molecule has 1 aromatic carbocycles. The Balaban J connectivity index is 2.66. The number of nitrogens with one attached hydrogen (secondary N) is 1. The lowest BCUT2D eigenvalue weighted by Gasteiger charge is -2.22. The number of carbonyl (C=O) groups excluding carboxylic acids is 1. The van der Waals surface area contributed by atoms with Crippen LogP contribution in [0.2, 0.25) is 0 Å². The fourth-order valence-corrected chi connectivity index (χ4v) is 1.81. The van der Waals surface area contributed by atoms with Gasteiger partial charge in [0, 0.05) is 6.54 Å². The van der Waals surface area contributed by atoms with Gasteiger partial charge in [-0.2, -0.15) is 0 Å². The summed E-state index contributed by atoms with van der Waals surface area (Å²) in [5.74, 6) is -1.80. The Bertz CT molecular complexity index is 525. The average Bonchev–Trinajstić information content (AvgIpc) is 2.38. The van der Waals surface area contributed by atoms with E-state index in [4.69, 9.17) is 4.74 Å². The van der Waals surface area contributed by atoms with Gasteiger partial charge in [-0.15, -0.1) is 0 Å². The minimum Gasteiger partial charge on any atom is -0.444 e. The van der Waals surface area contributed by atoms with Crippen molar-refractivity contribution in [1.82, 2.24) is 5.32 Å². The molecule has 0 aliphatic heterocycles. The van der Waals surface area contributed by atoms with Crippen molar-refractivity contribution < 1.29 is 28.5 Å². The molecule has 0 aliphatic carbocycles. The first kappa shape index (κ1) is 18.8. The number of amides is 1. The number of rotatable bonds is 4. The smallest absolute Gasteiger partial charge is 0.407 e. The van der Waals surface area contributed by atoms with E-state index >= 15 is 0 Å². The summed E-state index contributed by atoms with van der Waals surface area (Å²) in [6, 6.07) is 1.79. The van der Waals surface area contributed by atoms with Gasteiger partial charge in [-0.3, -0.25) is 0 Å². The highest BCUT2D eigenvalue weighted by atomic mass is 79.9. The SMILES string of the molecule is CC(C)(C)OC(=O)NCC(O)C(O)c1cc(F)c(Br)c(F)c1. The lowest BCUT2D eigenvalue weighted by Crippen LogP contribution is -2.38. The van der Waals surface area contributed by atoms with E-state index in [0.29, 0.717) is 0 Å². The molecule has 1 aromatic rings. The molecule has 5 nitrogen and oxygen atoms in total. The summed E-state index contributed by atoms with van der Waals surface area (Å²) >= 11 is 2.71. The van der Waals surface area contributed by atoms with E-state index in [1.807, 2.05) is 0 Å². The largest absolute Gasteiger partial charge is 0.444 e. The van der Waals surface area contributed by atoms with Crippen molar-refractivity contribution in [2.75, 3.05) is 6.54 Å². The third-order valence-corrected chi connectivity index (χ3v) is 3.32. The van der Waals surface area contributed by atoms with Gasteiger partial charge in [0.1, 0.15) is 29.4 Å². The van der Waals surface area contributed by atoms with E-state index in [-0.39, 0.29) is 16.6 Å². The van der Waals surface area contributed by atoms with E-state index in [1.165, 1.54) is 0 Å². The molecule has 0 aliphatic rings. The van der Waals surface area contributed by atoms with Crippen molar-refractivity contribution >= 4 is 22.0 Å². The van der Waals surface area contributed by atoms with Crippen molar-refractivity contribution in [3.8, 4) is 0 Å². The van der Waals surface area contributed by atoms with Gasteiger partial charge in [0.15, 0.2) is 0 Å². The Kier molecular flexibility index (Phi) is 6.27. The van der Waals surface area contributed by atoms with Crippen LogP contribution < -0.4 is 5.32 Å². The Morgan fingerprint density at radius 2 is 1.82 bits per heavy atom. The molecule has 2 atom stereocenters. The molecule has 0 heterocycles. The summed E-state index contributed by atoms with van der Waals surface area (Å²) in [5.41, 5.74) is -0.845.